The van der Waals surface area contributed by atoms with Crippen LogP contribution in [0.5, 0.6) is 0 Å². The number of nitrogens with one attached hydrogen (secondary N) is 3. The average molecular weight is 508 g/mol. The standard InChI is InChI=1S/C23H21Cl3N4OS/c1-13(21(27)23(31)29-30-11-10-14-4-2-3-5-18(14)30)22(19-8-9-20(26)32-19)28-17-7-6-15(24)12-16(17)25/h2-9,12-13,22,27-28H,10-11H2,1H3,(H,29,31). The number of halogens is 3. The van der Waals surface area contributed by atoms with Gasteiger partial charge in [-0.1, -0.05) is 59.9 Å². The van der Waals surface area contributed by atoms with Crippen LogP contribution in [-0.2, 0) is 11.2 Å². The minimum atomic E-state index is -0.464. The Morgan fingerprint density at radius 1 is 1.12 bits per heavy atom. The molecule has 166 valence electrons. The van der Waals surface area contributed by atoms with Crippen LogP contribution in [0.25, 0.3) is 0 Å². The van der Waals surface area contributed by atoms with Gasteiger partial charge < -0.3 is 5.32 Å². The van der Waals surface area contributed by atoms with Crippen LogP contribution in [0.3, 0.4) is 0 Å². The van der Waals surface area contributed by atoms with Gasteiger partial charge in [0.1, 0.15) is 5.71 Å². The van der Waals surface area contributed by atoms with Crippen LogP contribution >= 0.6 is 46.1 Å². The van der Waals surface area contributed by atoms with Crippen molar-refractivity contribution in [2.75, 3.05) is 16.9 Å². The van der Waals surface area contributed by atoms with Gasteiger partial charge in [-0.3, -0.25) is 20.6 Å². The largest absolute Gasteiger partial charge is 0.376 e. The van der Waals surface area contributed by atoms with Crippen molar-refractivity contribution in [3.05, 3.63) is 79.4 Å². The van der Waals surface area contributed by atoms with E-state index in [4.69, 9.17) is 40.2 Å². The Morgan fingerprint density at radius 2 is 1.91 bits per heavy atom. The average Bonchev–Trinajstić information content (AvgIpc) is 3.38. The van der Waals surface area contributed by atoms with E-state index in [1.165, 1.54) is 16.9 Å². The summed E-state index contributed by atoms with van der Waals surface area (Å²) in [5.74, 6) is -0.903. The summed E-state index contributed by atoms with van der Waals surface area (Å²) >= 11 is 20.0. The number of hydrazine groups is 1. The molecule has 3 aromatic rings. The predicted octanol–water partition coefficient (Wildman–Crippen LogP) is 6.61. The van der Waals surface area contributed by atoms with Crippen molar-refractivity contribution in [1.82, 2.24) is 5.43 Å². The maximum Gasteiger partial charge on any atom is 0.283 e. The van der Waals surface area contributed by atoms with Crippen molar-refractivity contribution in [3.8, 4) is 0 Å². The molecule has 2 heterocycles. The van der Waals surface area contributed by atoms with Crippen molar-refractivity contribution in [2.45, 2.75) is 19.4 Å². The van der Waals surface area contributed by atoms with Gasteiger partial charge in [-0.05, 0) is 48.4 Å². The molecule has 0 saturated heterocycles. The molecule has 0 aliphatic carbocycles. The number of anilines is 2. The van der Waals surface area contributed by atoms with E-state index in [2.05, 4.69) is 10.7 Å². The SMILES string of the molecule is CC(C(=N)C(=O)NN1CCc2ccccc21)C(Nc1ccc(Cl)cc1Cl)c1ccc(Cl)s1. The highest BCUT2D eigenvalue weighted by atomic mass is 35.5. The van der Waals surface area contributed by atoms with Gasteiger partial charge >= 0.3 is 0 Å². The summed E-state index contributed by atoms with van der Waals surface area (Å²) in [5.41, 5.74) is 5.66. The summed E-state index contributed by atoms with van der Waals surface area (Å²) < 4.78 is 0.630. The first-order valence-corrected chi connectivity index (χ1v) is 12.0. The number of benzene rings is 2. The fourth-order valence-electron chi connectivity index (χ4n) is 3.72. The Labute approximate surface area is 205 Å². The Kier molecular flexibility index (Phi) is 6.96. The molecule has 2 unspecified atom stereocenters. The van der Waals surface area contributed by atoms with Crippen molar-refractivity contribution < 1.29 is 4.79 Å². The summed E-state index contributed by atoms with van der Waals surface area (Å²) in [4.78, 5) is 13.9. The Hall–Kier alpha value is -2.25. The summed E-state index contributed by atoms with van der Waals surface area (Å²) in [7, 11) is 0. The number of nitrogens with zero attached hydrogens (tertiary/aromatic N) is 1. The van der Waals surface area contributed by atoms with E-state index >= 15 is 0 Å². The number of hydrogen-bond acceptors (Lipinski definition) is 5. The Morgan fingerprint density at radius 3 is 2.62 bits per heavy atom. The number of rotatable bonds is 7. The van der Waals surface area contributed by atoms with Gasteiger partial charge in [0.25, 0.3) is 5.91 Å². The quantitative estimate of drug-likeness (QED) is 0.315. The molecule has 32 heavy (non-hydrogen) atoms. The minimum absolute atomic E-state index is 0.0403. The lowest BCUT2D eigenvalue weighted by atomic mass is 9.94. The lowest BCUT2D eigenvalue weighted by molar-refractivity contribution is -0.115. The van der Waals surface area contributed by atoms with Crippen LogP contribution in [0.1, 0.15) is 23.4 Å². The van der Waals surface area contributed by atoms with Crippen LogP contribution in [0.4, 0.5) is 11.4 Å². The summed E-state index contributed by atoms with van der Waals surface area (Å²) in [6, 6.07) is 16.4. The minimum Gasteiger partial charge on any atom is -0.376 e. The van der Waals surface area contributed by atoms with Crippen molar-refractivity contribution >= 4 is 69.1 Å². The molecule has 1 amide bonds. The second-order valence-corrected chi connectivity index (χ2v) is 10.2. The number of thiophene rings is 1. The predicted molar refractivity (Wildman–Crippen MR) is 135 cm³/mol. The van der Waals surface area contributed by atoms with E-state index in [0.29, 0.717) is 26.6 Å². The van der Waals surface area contributed by atoms with Gasteiger partial charge in [-0.2, -0.15) is 0 Å². The number of carbonyl (C=O) groups is 1. The molecule has 2 atom stereocenters. The van der Waals surface area contributed by atoms with E-state index in [0.717, 1.165) is 17.0 Å². The third-order valence-electron chi connectivity index (χ3n) is 5.47. The summed E-state index contributed by atoms with van der Waals surface area (Å²) in [6.45, 7) is 2.52. The molecular formula is C23H21Cl3N4OS. The zero-order valence-corrected chi connectivity index (χ0v) is 20.2. The molecule has 4 rings (SSSR count). The van der Waals surface area contributed by atoms with Crippen LogP contribution in [0.15, 0.2) is 54.6 Å². The van der Waals surface area contributed by atoms with Crippen molar-refractivity contribution in [1.29, 1.82) is 5.41 Å². The molecule has 0 fully saturated rings. The monoisotopic (exact) mass is 506 g/mol. The van der Waals surface area contributed by atoms with Crippen LogP contribution in [0, 0.1) is 11.3 Å². The first-order chi connectivity index (χ1) is 15.3. The van der Waals surface area contributed by atoms with E-state index in [-0.39, 0.29) is 11.8 Å². The summed E-state index contributed by atoms with van der Waals surface area (Å²) in [6.07, 6.45) is 0.853. The zero-order chi connectivity index (χ0) is 22.8. The van der Waals surface area contributed by atoms with Gasteiger partial charge in [-0.15, -0.1) is 11.3 Å². The molecule has 1 aliphatic heterocycles. The van der Waals surface area contributed by atoms with E-state index < -0.39 is 11.8 Å². The van der Waals surface area contributed by atoms with Crippen molar-refractivity contribution in [2.24, 2.45) is 5.92 Å². The number of amides is 1. The third kappa shape index (κ3) is 4.89. The van der Waals surface area contributed by atoms with Crippen LogP contribution in [-0.4, -0.2) is 18.2 Å². The molecular weight excluding hydrogens is 487 g/mol. The molecule has 0 bridgehead atoms. The molecule has 5 nitrogen and oxygen atoms in total. The van der Waals surface area contributed by atoms with Gasteiger partial charge in [0.05, 0.1) is 26.8 Å². The zero-order valence-electron chi connectivity index (χ0n) is 17.2. The van der Waals surface area contributed by atoms with Crippen LogP contribution < -0.4 is 15.8 Å². The van der Waals surface area contributed by atoms with Crippen LogP contribution in [0.2, 0.25) is 14.4 Å². The molecule has 0 saturated carbocycles. The molecule has 2 aromatic carbocycles. The van der Waals surface area contributed by atoms with Gasteiger partial charge in [0.2, 0.25) is 0 Å². The maximum atomic E-state index is 13.0. The number of fused-ring (bicyclic) bond motifs is 1. The molecule has 3 N–H and O–H groups in total. The van der Waals surface area contributed by atoms with E-state index in [1.807, 2.05) is 37.3 Å². The number of para-hydroxylation sites is 1. The number of hydrogen-bond donors (Lipinski definition) is 3. The fraction of sp³-hybridized carbons (Fsp3) is 0.217. The topological polar surface area (TPSA) is 68.2 Å². The molecule has 1 aliphatic rings. The smallest absolute Gasteiger partial charge is 0.283 e. The molecule has 9 heteroatoms. The van der Waals surface area contributed by atoms with E-state index in [1.54, 1.807) is 29.3 Å². The van der Waals surface area contributed by atoms with Gasteiger partial charge in [0.15, 0.2) is 0 Å². The number of carbonyl (C=O) groups excluding carboxylic acids is 1. The first kappa shape index (κ1) is 22.9. The van der Waals surface area contributed by atoms with Gasteiger partial charge in [0, 0.05) is 22.4 Å². The Bertz CT molecular complexity index is 1170. The lowest BCUT2D eigenvalue weighted by Gasteiger charge is -2.27. The normalized spacial score (nSPS) is 14.6. The highest BCUT2D eigenvalue weighted by Gasteiger charge is 2.30. The van der Waals surface area contributed by atoms with E-state index in [9.17, 15) is 4.79 Å². The highest BCUT2D eigenvalue weighted by molar-refractivity contribution is 7.16. The van der Waals surface area contributed by atoms with Gasteiger partial charge in [-0.25, -0.2) is 0 Å². The second-order valence-electron chi connectivity index (χ2n) is 7.56. The second kappa shape index (κ2) is 9.71. The summed E-state index contributed by atoms with van der Waals surface area (Å²) in [5, 5.41) is 14.8. The maximum absolute atomic E-state index is 13.0. The third-order valence-corrected chi connectivity index (χ3v) is 7.33. The highest BCUT2D eigenvalue weighted by Crippen LogP contribution is 2.37. The molecule has 0 spiro atoms. The molecule has 1 aromatic heterocycles. The fourth-order valence-corrected chi connectivity index (χ4v) is 5.40. The Balaban J connectivity index is 1.54. The van der Waals surface area contributed by atoms with Crippen molar-refractivity contribution in [3.63, 3.8) is 0 Å². The first-order valence-electron chi connectivity index (χ1n) is 10.0. The molecule has 0 radical (unpaired) electrons. The lowest BCUT2D eigenvalue weighted by Crippen LogP contribution is -2.46.